The normalized spacial score (nSPS) is 26.1. The van der Waals surface area contributed by atoms with E-state index < -0.39 is 311 Å². The number of hydrogen-bond acceptors (Lipinski definition) is 12. The van der Waals surface area contributed by atoms with Crippen LogP contribution in [0.15, 0.2) is 363 Å². The van der Waals surface area contributed by atoms with Gasteiger partial charge in [-0.3, -0.25) is 29.4 Å². The van der Waals surface area contributed by atoms with Gasteiger partial charge in [-0.05, 0) is 109 Å². The van der Waals surface area contributed by atoms with Gasteiger partial charge >= 0.3 is 0 Å². The Balaban J connectivity index is 0.000000170. The summed E-state index contributed by atoms with van der Waals surface area (Å²) in [5.74, 6) is 0. The van der Waals surface area contributed by atoms with Crippen LogP contribution in [0.25, 0.3) is 0 Å². The molecule has 120 heavy (non-hydrogen) atoms. The highest BCUT2D eigenvalue weighted by atomic mass is 15.3. The van der Waals surface area contributed by atoms with Crippen molar-refractivity contribution in [1.82, 2.24) is 58.8 Å². The molecule has 12 nitrogen and oxygen atoms in total. The van der Waals surface area contributed by atoms with Gasteiger partial charge in [0, 0.05) is 180 Å². The first kappa shape index (κ1) is 43.3. The largest absolute Gasteiger partial charge is 0.304 e. The molecule has 6 aliphatic heterocycles. The molecule has 0 aliphatic carbocycles. The predicted molar refractivity (Wildman–Crippen MR) is 503 cm³/mol. The molecular weight excluding hydrogens is 1470 g/mol. The van der Waals surface area contributed by atoms with E-state index in [1.807, 2.05) is 121 Å². The molecule has 6 aliphatic rings. The van der Waals surface area contributed by atoms with Crippen LogP contribution in [-0.4, -0.2) is 258 Å². The van der Waals surface area contributed by atoms with E-state index in [1.165, 1.54) is 19.6 Å². The van der Waals surface area contributed by atoms with Crippen molar-refractivity contribution in [2.45, 2.75) is 36.1 Å². The molecule has 0 N–H and O–H groups in total. The zero-order valence-corrected chi connectivity index (χ0v) is 67.4. The molecule has 18 rings (SSSR count). The monoisotopic (exact) mass is 1650 g/mol. The van der Waals surface area contributed by atoms with Gasteiger partial charge < -0.3 is 29.4 Å². The van der Waals surface area contributed by atoms with Crippen LogP contribution in [-0.2, 0) is 0 Å². The minimum atomic E-state index is -2.92. The van der Waals surface area contributed by atoms with Gasteiger partial charge in [-0.1, -0.05) is 363 Å². The first-order valence-electron chi connectivity index (χ1n) is 65.6. The van der Waals surface area contributed by atoms with Crippen molar-refractivity contribution in [2.24, 2.45) is 0 Å². The molecule has 0 amide bonds. The third-order valence-electron chi connectivity index (χ3n) is 20.0. The zero-order valence-electron chi connectivity index (χ0n) is 119. The first-order chi connectivity index (χ1) is 79.9. The van der Waals surface area contributed by atoms with Gasteiger partial charge in [0.25, 0.3) is 0 Å². The van der Waals surface area contributed by atoms with Crippen LogP contribution < -0.4 is 0 Å². The fourth-order valence-electron chi connectivity index (χ4n) is 13.8. The van der Waals surface area contributed by atoms with Gasteiger partial charge in [0.15, 0.2) is 0 Å². The van der Waals surface area contributed by atoms with Crippen molar-refractivity contribution in [3.05, 3.63) is 430 Å². The molecule has 12 aromatic rings. The minimum absolute atomic E-state index is 0.0345. The lowest BCUT2D eigenvalue weighted by molar-refractivity contribution is 0.127. The maximum absolute atomic E-state index is 9.44. The highest BCUT2D eigenvalue weighted by Gasteiger charge is 2.32. The molecule has 0 spiro atoms. The Morgan fingerprint density at radius 3 is 0.608 bits per heavy atom. The van der Waals surface area contributed by atoms with Gasteiger partial charge in [0.1, 0.15) is 0 Å². The molecule has 6 fully saturated rings. The van der Waals surface area contributed by atoms with Crippen molar-refractivity contribution >= 4 is 0 Å². The van der Waals surface area contributed by atoms with Gasteiger partial charge in [0.2, 0.25) is 0 Å². The second-order valence-corrected chi connectivity index (χ2v) is 28.3. The van der Waals surface area contributed by atoms with Gasteiger partial charge in [-0.25, -0.2) is 0 Å². The van der Waals surface area contributed by atoms with E-state index in [2.05, 4.69) is 46.0 Å². The van der Waals surface area contributed by atoms with Crippen LogP contribution >= 0.6 is 0 Å². The summed E-state index contributed by atoms with van der Waals surface area (Å²) < 4.78 is 428. The maximum atomic E-state index is 9.44. The average Bonchev–Trinajstić information content (AvgIpc) is 0.721. The molecule has 0 bridgehead atoms. The van der Waals surface area contributed by atoms with E-state index in [0.717, 1.165) is 53.3 Å². The lowest BCUT2D eigenvalue weighted by atomic mass is 9.96. The Bertz CT molecular complexity index is 7120. The average molecular weight is 1650 g/mol. The summed E-state index contributed by atoms with van der Waals surface area (Å²) in [4.78, 5) is 17.8. The summed E-state index contributed by atoms with van der Waals surface area (Å²) in [7, 11) is 5.72. The van der Waals surface area contributed by atoms with E-state index in [9.17, 15) is 6.85 Å². The minimum Gasteiger partial charge on any atom is -0.304 e. The molecule has 624 valence electrons. The Kier molecular flexibility index (Phi) is 17.1. The topological polar surface area (TPSA) is 38.9 Å². The molecule has 0 radical (unpaired) electrons. The van der Waals surface area contributed by atoms with Crippen molar-refractivity contribution in [1.29, 1.82) is 0 Å². The fraction of sp³-hybridized carbons (Fsp3) is 0.333. The summed E-state index contributed by atoms with van der Waals surface area (Å²) in [6.45, 7) is -12.1. The molecule has 6 saturated heterocycles. The molecular formula is C108H132N12. The van der Waals surface area contributed by atoms with Crippen LogP contribution in [0.5, 0.6) is 0 Å². The third kappa shape index (κ3) is 26.1. The second-order valence-electron chi connectivity index (χ2n) is 28.3. The van der Waals surface area contributed by atoms with Crippen molar-refractivity contribution in [2.75, 3.05) is 199 Å². The fourth-order valence-corrected chi connectivity index (χ4v) is 13.8. The summed E-state index contributed by atoms with van der Waals surface area (Å²) >= 11 is 0. The Hall–Kier alpha value is -9.84. The molecule has 6 heterocycles. The second kappa shape index (κ2) is 47.4. The van der Waals surface area contributed by atoms with Crippen molar-refractivity contribution in [3.8, 4) is 0 Å². The Labute approximate surface area is 793 Å². The number of piperazine rings is 6. The highest BCUT2D eigenvalue weighted by Crippen LogP contribution is 2.36. The molecule has 0 saturated carbocycles. The summed E-state index contributed by atoms with van der Waals surface area (Å²) in [5, 5.41) is 0. The van der Waals surface area contributed by atoms with Crippen LogP contribution in [0.1, 0.15) is 174 Å². The van der Waals surface area contributed by atoms with E-state index in [-0.39, 0.29) is 52.4 Å². The number of hydrogen-bond donors (Lipinski definition) is 0. The lowest BCUT2D eigenvalue weighted by Crippen LogP contribution is -2.46. The predicted octanol–water partition coefficient (Wildman–Crippen LogP) is 18.1. The van der Waals surface area contributed by atoms with Gasteiger partial charge in [-0.15, -0.1) is 0 Å². The Morgan fingerprint density at radius 2 is 0.375 bits per heavy atom. The zero-order chi connectivity index (χ0) is 128. The van der Waals surface area contributed by atoms with E-state index >= 15 is 0 Å². The van der Waals surface area contributed by atoms with Crippen LogP contribution in [0.4, 0.5) is 0 Å². The first-order valence-corrected chi connectivity index (χ1v) is 39.6. The molecule has 0 aromatic heterocycles. The van der Waals surface area contributed by atoms with Crippen LogP contribution in [0.2, 0.25) is 0 Å². The summed E-state index contributed by atoms with van der Waals surface area (Å²) in [6, 6.07) is 25.1. The highest BCUT2D eigenvalue weighted by molar-refractivity contribution is 5.39. The van der Waals surface area contributed by atoms with Crippen LogP contribution in [0.3, 0.4) is 0 Å². The Morgan fingerprint density at radius 1 is 0.200 bits per heavy atom. The molecule has 12 aromatic carbocycles. The SMILES string of the molecule is [2H]C([2H])([2H])N1CCN(C([2H])(c2ccccc2)c2ccccc2)CC1.[2H]C(c1ccccc1)(c1ccccc1)N1CCN(C)CC1.[2H]C1([2H])CN(C)CC([2H])([2H])N1C([2H])(c1ccccc1)c1ccccc1.[2H]c1c([2H])c([2H])c(C([2H])(c2c([2H])c([2H])c([2H])c([2H])c2[2H])N2CCN(C([2H])([2H])[2H])CC2)c([2H])c1[2H].[2H]c1c([2H])c([2H])c(C([2H])(c2c([2H])c([2H])c([2H])c([2H])c2[2H])N2CCN(C)CC2)c([2H])c1[2H].[2H]c1c([2H])c([2H])c(C(c2c([2H])c([2H])c([2H])c([2H])c2[2H])N2C([2H])([2H])CN(C([2H])([2H])[2H])CC2([2H])[2H])c([2H])c1[2H]. The molecule has 0 unspecified atom stereocenters. The molecule has 0 atom stereocenters. The van der Waals surface area contributed by atoms with Gasteiger partial charge in [0.05, 0.1) is 84.1 Å². The van der Waals surface area contributed by atoms with E-state index in [1.54, 1.807) is 60.5 Å². The third-order valence-corrected chi connectivity index (χ3v) is 20.0. The van der Waals surface area contributed by atoms with Gasteiger partial charge in [-0.2, -0.15) is 0 Å². The number of rotatable bonds is 18. The molecule has 12 heteroatoms. The van der Waals surface area contributed by atoms with E-state index in [4.69, 9.17) is 64.4 Å². The maximum Gasteiger partial charge on any atom is 0.0626 e. The summed E-state index contributed by atoms with van der Waals surface area (Å²) in [5.41, 5.74) is 1.52. The quantitative estimate of drug-likeness (QED) is 0.0822. The standard InChI is InChI=1S/6C18H22N2/c6*1-19-12-14-20(15-13-19)18(16-8-4-2-5-9-16)17-10-6-3-7-11-17/h6*2-11,18H,12-15H2,1H3/i1D3,2D,3D,4D,5D,6D,7D,8D,9D,10D,11D,14D2,15D2;1D3,2D,3D,4D,5D,6D,7D,8D,9D,10D,11D,18D;2D,3D,4D,5D,6D,7D,8D,9D,10D,11D,18D;14D2,15D2,18D;1D3,18D;18D. The number of benzene rings is 12. The summed E-state index contributed by atoms with van der Waals surface area (Å²) in [6.07, 6.45) is 0. The van der Waals surface area contributed by atoms with Crippen molar-refractivity contribution in [3.63, 3.8) is 0 Å². The van der Waals surface area contributed by atoms with E-state index in [0.29, 0.717) is 60.2 Å². The smallest absolute Gasteiger partial charge is 0.0626 e. The number of nitrogens with zero attached hydrogens (tertiary/aromatic N) is 12. The van der Waals surface area contributed by atoms with Crippen LogP contribution in [0, 0.1) is 0 Å². The number of likely N-dealkylation sites (N-methyl/N-ethyl adjacent to an activating group) is 6. The van der Waals surface area contributed by atoms with Crippen molar-refractivity contribution < 1.29 is 71.3 Å². The lowest BCUT2D eigenvalue weighted by Gasteiger charge is -2.38.